The largest absolute Gasteiger partial charge is 0.441 e. The summed E-state index contributed by atoms with van der Waals surface area (Å²) in [5, 5.41) is 3.62. The van der Waals surface area contributed by atoms with Crippen molar-refractivity contribution in [2.45, 2.75) is 51.5 Å². The van der Waals surface area contributed by atoms with Crippen LogP contribution < -0.4 is 5.32 Å². The third kappa shape index (κ3) is 2.35. The molecule has 1 aliphatic rings. The van der Waals surface area contributed by atoms with E-state index < -0.39 is 0 Å². The first-order valence-electron chi connectivity index (χ1n) is 7.01. The topological polar surface area (TPSA) is 38.1 Å². The molecule has 1 aliphatic carbocycles. The van der Waals surface area contributed by atoms with E-state index in [0.717, 1.165) is 23.4 Å². The van der Waals surface area contributed by atoms with Crippen molar-refractivity contribution < 1.29 is 4.42 Å². The third-order valence-corrected chi connectivity index (χ3v) is 3.71. The van der Waals surface area contributed by atoms with Crippen LogP contribution in [0, 0.1) is 0 Å². The molecule has 0 atom stereocenters. The zero-order valence-corrected chi connectivity index (χ0v) is 10.9. The number of hydrogen-bond acceptors (Lipinski definition) is 3. The lowest BCUT2D eigenvalue weighted by Crippen LogP contribution is -2.22. The molecule has 96 valence electrons. The van der Waals surface area contributed by atoms with Gasteiger partial charge in [-0.2, -0.15) is 0 Å². The first kappa shape index (κ1) is 11.6. The van der Waals surface area contributed by atoms with Crippen molar-refractivity contribution >= 4 is 16.8 Å². The van der Waals surface area contributed by atoms with E-state index in [9.17, 15) is 0 Å². The van der Waals surface area contributed by atoms with Crippen LogP contribution in [-0.4, -0.2) is 11.0 Å². The molecule has 1 heterocycles. The van der Waals surface area contributed by atoms with Crippen molar-refractivity contribution in [2.75, 3.05) is 5.32 Å². The van der Waals surface area contributed by atoms with Crippen LogP contribution in [0.25, 0.3) is 11.1 Å². The Bertz CT molecular complexity index is 526. The summed E-state index contributed by atoms with van der Waals surface area (Å²) >= 11 is 0. The molecule has 3 heteroatoms. The van der Waals surface area contributed by atoms with Gasteiger partial charge in [-0.3, -0.25) is 0 Å². The minimum atomic E-state index is 0.633. The summed E-state index contributed by atoms with van der Waals surface area (Å²) in [5.74, 6) is 0.819. The first-order chi connectivity index (χ1) is 8.85. The van der Waals surface area contributed by atoms with E-state index in [2.05, 4.69) is 29.4 Å². The minimum Gasteiger partial charge on any atom is -0.441 e. The molecule has 0 saturated heterocycles. The molecule has 0 bridgehead atoms. The molecule has 1 fully saturated rings. The molecule has 0 radical (unpaired) electrons. The van der Waals surface area contributed by atoms with Crippen LogP contribution >= 0.6 is 0 Å². The number of fused-ring (bicyclic) bond motifs is 1. The maximum Gasteiger partial charge on any atom is 0.195 e. The second-order valence-corrected chi connectivity index (χ2v) is 5.12. The SMILES string of the molecule is CCc1nc2cc(NC3CCCCC3)ccc2o1. The predicted molar refractivity (Wildman–Crippen MR) is 73.9 cm³/mol. The van der Waals surface area contributed by atoms with Gasteiger partial charge < -0.3 is 9.73 Å². The van der Waals surface area contributed by atoms with Gasteiger partial charge in [-0.1, -0.05) is 26.2 Å². The van der Waals surface area contributed by atoms with E-state index in [0.29, 0.717) is 6.04 Å². The third-order valence-electron chi connectivity index (χ3n) is 3.71. The van der Waals surface area contributed by atoms with Gasteiger partial charge in [0, 0.05) is 18.2 Å². The molecule has 18 heavy (non-hydrogen) atoms. The standard InChI is InChI=1S/C15H20N2O/c1-2-15-17-13-10-12(8-9-14(13)18-15)16-11-6-4-3-5-7-11/h8-11,16H,2-7H2,1H3. The van der Waals surface area contributed by atoms with Gasteiger partial charge in [-0.05, 0) is 31.0 Å². The molecule has 1 aromatic heterocycles. The van der Waals surface area contributed by atoms with Crippen LogP contribution in [0.2, 0.25) is 0 Å². The highest BCUT2D eigenvalue weighted by molar-refractivity contribution is 5.77. The van der Waals surface area contributed by atoms with Gasteiger partial charge in [0.05, 0.1) is 0 Å². The van der Waals surface area contributed by atoms with Crippen LogP contribution in [0.3, 0.4) is 0 Å². The number of aryl methyl sites for hydroxylation is 1. The molecule has 1 saturated carbocycles. The fraction of sp³-hybridized carbons (Fsp3) is 0.533. The van der Waals surface area contributed by atoms with E-state index in [1.165, 1.54) is 37.8 Å². The molecule has 0 amide bonds. The highest BCUT2D eigenvalue weighted by atomic mass is 16.3. The summed E-state index contributed by atoms with van der Waals surface area (Å²) in [7, 11) is 0. The molecule has 1 N–H and O–H groups in total. The van der Waals surface area contributed by atoms with Crippen molar-refractivity contribution in [3.8, 4) is 0 Å². The fourth-order valence-corrected chi connectivity index (χ4v) is 2.70. The molecule has 2 aromatic rings. The normalized spacial score (nSPS) is 17.2. The highest BCUT2D eigenvalue weighted by Gasteiger charge is 2.13. The van der Waals surface area contributed by atoms with Crippen LogP contribution in [-0.2, 0) is 6.42 Å². The van der Waals surface area contributed by atoms with E-state index in [-0.39, 0.29) is 0 Å². The predicted octanol–water partition coefficient (Wildman–Crippen LogP) is 4.13. The maximum atomic E-state index is 5.62. The molecule has 0 unspecified atom stereocenters. The van der Waals surface area contributed by atoms with E-state index in [1.807, 2.05) is 6.07 Å². The minimum absolute atomic E-state index is 0.633. The van der Waals surface area contributed by atoms with Crippen molar-refractivity contribution in [1.82, 2.24) is 4.98 Å². The van der Waals surface area contributed by atoms with Crippen LogP contribution in [0.15, 0.2) is 22.6 Å². The first-order valence-corrected chi connectivity index (χ1v) is 7.01. The van der Waals surface area contributed by atoms with Crippen molar-refractivity contribution in [3.63, 3.8) is 0 Å². The quantitative estimate of drug-likeness (QED) is 0.882. The van der Waals surface area contributed by atoms with Gasteiger partial charge in [0.15, 0.2) is 11.5 Å². The smallest absolute Gasteiger partial charge is 0.195 e. The lowest BCUT2D eigenvalue weighted by molar-refractivity contribution is 0.463. The molecular formula is C15H20N2O. The Hall–Kier alpha value is -1.51. The molecule has 3 rings (SSSR count). The summed E-state index contributed by atoms with van der Waals surface area (Å²) in [5.41, 5.74) is 3.03. The van der Waals surface area contributed by atoms with Crippen molar-refractivity contribution in [2.24, 2.45) is 0 Å². The number of oxazole rings is 1. The zero-order chi connectivity index (χ0) is 12.4. The monoisotopic (exact) mass is 244 g/mol. The lowest BCUT2D eigenvalue weighted by Gasteiger charge is -2.23. The summed E-state index contributed by atoms with van der Waals surface area (Å²) < 4.78 is 5.62. The molecule has 0 spiro atoms. The average Bonchev–Trinajstić information content (AvgIpc) is 2.82. The van der Waals surface area contributed by atoms with E-state index in [1.54, 1.807) is 0 Å². The fourth-order valence-electron chi connectivity index (χ4n) is 2.70. The van der Waals surface area contributed by atoms with Crippen LogP contribution in [0.5, 0.6) is 0 Å². The molecular weight excluding hydrogens is 224 g/mol. The highest BCUT2D eigenvalue weighted by Crippen LogP contribution is 2.24. The maximum absolute atomic E-state index is 5.62. The molecule has 3 nitrogen and oxygen atoms in total. The number of nitrogens with zero attached hydrogens (tertiary/aromatic N) is 1. The lowest BCUT2D eigenvalue weighted by atomic mass is 9.95. The Balaban J connectivity index is 1.79. The summed E-state index contributed by atoms with van der Waals surface area (Å²) in [4.78, 5) is 4.48. The Morgan fingerprint density at radius 1 is 1.28 bits per heavy atom. The summed E-state index contributed by atoms with van der Waals surface area (Å²) in [6, 6.07) is 6.86. The Kier molecular flexibility index (Phi) is 3.22. The Morgan fingerprint density at radius 2 is 2.11 bits per heavy atom. The van der Waals surface area contributed by atoms with Crippen molar-refractivity contribution in [3.05, 3.63) is 24.1 Å². The number of rotatable bonds is 3. The average molecular weight is 244 g/mol. The van der Waals surface area contributed by atoms with Gasteiger partial charge >= 0.3 is 0 Å². The van der Waals surface area contributed by atoms with Crippen LogP contribution in [0.1, 0.15) is 44.9 Å². The Morgan fingerprint density at radius 3 is 2.89 bits per heavy atom. The van der Waals surface area contributed by atoms with Gasteiger partial charge in [-0.15, -0.1) is 0 Å². The van der Waals surface area contributed by atoms with Gasteiger partial charge in [0.2, 0.25) is 0 Å². The zero-order valence-electron chi connectivity index (χ0n) is 10.9. The van der Waals surface area contributed by atoms with Gasteiger partial charge in [0.25, 0.3) is 0 Å². The summed E-state index contributed by atoms with van der Waals surface area (Å²) in [6.45, 7) is 2.06. The molecule has 1 aromatic carbocycles. The number of nitrogens with one attached hydrogen (secondary N) is 1. The number of benzene rings is 1. The van der Waals surface area contributed by atoms with E-state index in [4.69, 9.17) is 4.42 Å². The van der Waals surface area contributed by atoms with Crippen LogP contribution in [0.4, 0.5) is 5.69 Å². The van der Waals surface area contributed by atoms with E-state index >= 15 is 0 Å². The van der Waals surface area contributed by atoms with Gasteiger partial charge in [-0.25, -0.2) is 4.98 Å². The number of anilines is 1. The second kappa shape index (κ2) is 5.01. The Labute approximate surface area is 108 Å². The second-order valence-electron chi connectivity index (χ2n) is 5.12. The van der Waals surface area contributed by atoms with Crippen molar-refractivity contribution in [1.29, 1.82) is 0 Å². The summed E-state index contributed by atoms with van der Waals surface area (Å²) in [6.07, 6.45) is 7.52. The molecule has 0 aliphatic heterocycles. The van der Waals surface area contributed by atoms with Gasteiger partial charge in [0.1, 0.15) is 5.52 Å². The number of aromatic nitrogens is 1. The number of hydrogen-bond donors (Lipinski definition) is 1.